The van der Waals surface area contributed by atoms with Crippen molar-refractivity contribution in [3.63, 3.8) is 0 Å². The molecule has 1 amide bonds. The van der Waals surface area contributed by atoms with Gasteiger partial charge in [0.15, 0.2) is 0 Å². The number of thioether (sulfide) groups is 1. The van der Waals surface area contributed by atoms with E-state index in [0.29, 0.717) is 28.7 Å². The third-order valence-electron chi connectivity index (χ3n) is 5.39. The van der Waals surface area contributed by atoms with Crippen LogP contribution in [0.1, 0.15) is 50.4 Å². The highest BCUT2D eigenvalue weighted by molar-refractivity contribution is 7.99. The van der Waals surface area contributed by atoms with Gasteiger partial charge in [0.25, 0.3) is 0 Å². The maximum Gasteiger partial charge on any atom is 0.225 e. The zero-order valence-electron chi connectivity index (χ0n) is 17.1. The minimum atomic E-state index is -0.0655. The van der Waals surface area contributed by atoms with Crippen molar-refractivity contribution in [3.8, 4) is 6.07 Å². The maximum atomic E-state index is 12.2. The van der Waals surface area contributed by atoms with Crippen LogP contribution < -0.4 is 5.32 Å². The molecule has 2 aromatic rings. The topological polar surface area (TPSA) is 65.8 Å². The summed E-state index contributed by atoms with van der Waals surface area (Å²) in [5, 5.41) is 13.8. The van der Waals surface area contributed by atoms with Crippen molar-refractivity contribution in [2.75, 3.05) is 11.1 Å². The van der Waals surface area contributed by atoms with Crippen molar-refractivity contribution in [1.82, 2.24) is 4.98 Å². The molecule has 0 radical (unpaired) electrons. The second-order valence-corrected chi connectivity index (χ2v) is 10.0. The minimum absolute atomic E-state index is 0.0655. The molecule has 0 bridgehead atoms. The van der Waals surface area contributed by atoms with E-state index in [9.17, 15) is 10.1 Å². The summed E-state index contributed by atoms with van der Waals surface area (Å²) in [6.45, 7) is 6.84. The summed E-state index contributed by atoms with van der Waals surface area (Å²) in [6, 6.07) is 11.3. The predicted molar refractivity (Wildman–Crippen MR) is 119 cm³/mol. The van der Waals surface area contributed by atoms with E-state index in [1.165, 1.54) is 17.3 Å². The highest BCUT2D eigenvalue weighted by Crippen LogP contribution is 2.38. The first kappa shape index (κ1) is 21.7. The number of nitrogens with zero attached hydrogens (tertiary/aromatic N) is 2. The summed E-state index contributed by atoms with van der Waals surface area (Å²) in [6.07, 6.45) is 3.41. The molecule has 1 heterocycles. The summed E-state index contributed by atoms with van der Waals surface area (Å²) in [5.74, 6) is 1.12. The van der Waals surface area contributed by atoms with Gasteiger partial charge in [0.1, 0.15) is 11.1 Å². The first-order valence-corrected chi connectivity index (χ1v) is 11.2. The summed E-state index contributed by atoms with van der Waals surface area (Å²) < 4.78 is 0. The normalized spacial score (nSPS) is 16.0. The minimum Gasteiger partial charge on any atom is -0.326 e. The van der Waals surface area contributed by atoms with Crippen LogP contribution in [0.3, 0.4) is 0 Å². The average molecular weight is 428 g/mol. The van der Waals surface area contributed by atoms with Gasteiger partial charge in [0.2, 0.25) is 5.91 Å². The number of benzene rings is 1. The monoisotopic (exact) mass is 427 g/mol. The Balaban J connectivity index is 1.60. The third-order valence-corrected chi connectivity index (χ3v) is 6.64. The smallest absolute Gasteiger partial charge is 0.225 e. The SMILES string of the molecule is CC(C)(C)C1CCc2nc(SCCC(=O)Nc3ccc(Cl)cc3)c(C#N)cc2C1. The van der Waals surface area contributed by atoms with E-state index in [0.717, 1.165) is 35.7 Å². The zero-order valence-corrected chi connectivity index (χ0v) is 18.7. The van der Waals surface area contributed by atoms with Gasteiger partial charge in [-0.3, -0.25) is 4.79 Å². The highest BCUT2D eigenvalue weighted by Gasteiger charge is 2.30. The number of aromatic nitrogens is 1. The standard InChI is InChI=1S/C23H26ClN3OS/c1-23(2,3)17-4-9-20-15(13-17)12-16(14-25)22(27-20)29-11-10-21(28)26-19-7-5-18(24)6-8-19/h5-8,12,17H,4,9-11,13H2,1-3H3,(H,26,28). The largest absolute Gasteiger partial charge is 0.326 e. The van der Waals surface area contributed by atoms with Crippen molar-refractivity contribution < 1.29 is 4.79 Å². The Bertz CT molecular complexity index is 929. The molecule has 152 valence electrons. The molecule has 1 N–H and O–H groups in total. The lowest BCUT2D eigenvalue weighted by Gasteiger charge is -2.34. The molecule has 0 aliphatic heterocycles. The number of pyridine rings is 1. The number of hydrogen-bond acceptors (Lipinski definition) is 4. The van der Waals surface area contributed by atoms with Gasteiger partial charge >= 0.3 is 0 Å². The summed E-state index contributed by atoms with van der Waals surface area (Å²) in [5.41, 5.74) is 3.91. The molecule has 1 atom stereocenters. The molecule has 1 aromatic heterocycles. The van der Waals surface area contributed by atoms with Gasteiger partial charge in [-0.15, -0.1) is 11.8 Å². The number of aryl methyl sites for hydroxylation is 1. The Labute approximate surface area is 182 Å². The fraction of sp³-hybridized carbons (Fsp3) is 0.435. The summed E-state index contributed by atoms with van der Waals surface area (Å²) in [4.78, 5) is 16.9. The molecule has 4 nitrogen and oxygen atoms in total. The van der Waals surface area contributed by atoms with Gasteiger partial charge in [0.05, 0.1) is 5.56 Å². The lowest BCUT2D eigenvalue weighted by molar-refractivity contribution is -0.115. The number of carbonyl (C=O) groups is 1. The Morgan fingerprint density at radius 2 is 2.07 bits per heavy atom. The molecular formula is C23H26ClN3OS. The van der Waals surface area contributed by atoms with Crippen molar-refractivity contribution in [2.45, 2.75) is 51.5 Å². The number of nitriles is 1. The molecular weight excluding hydrogens is 402 g/mol. The molecule has 1 aliphatic rings. The first-order chi connectivity index (χ1) is 13.8. The van der Waals surface area contributed by atoms with E-state index in [1.54, 1.807) is 24.3 Å². The molecule has 1 aliphatic carbocycles. The Morgan fingerprint density at radius 1 is 1.34 bits per heavy atom. The number of anilines is 1. The number of halogens is 1. The molecule has 0 saturated carbocycles. The van der Waals surface area contributed by atoms with Crippen molar-refractivity contribution >= 4 is 35.0 Å². The van der Waals surface area contributed by atoms with Crippen molar-refractivity contribution in [3.05, 3.63) is 52.2 Å². The van der Waals surface area contributed by atoms with E-state index in [2.05, 4.69) is 32.2 Å². The van der Waals surface area contributed by atoms with Gasteiger partial charge in [-0.2, -0.15) is 5.26 Å². The van der Waals surface area contributed by atoms with Crippen molar-refractivity contribution in [1.29, 1.82) is 5.26 Å². The number of nitrogens with one attached hydrogen (secondary N) is 1. The molecule has 0 saturated heterocycles. The molecule has 1 aromatic carbocycles. The first-order valence-electron chi connectivity index (χ1n) is 9.87. The van der Waals surface area contributed by atoms with E-state index in [4.69, 9.17) is 16.6 Å². The zero-order chi connectivity index (χ0) is 21.0. The van der Waals surface area contributed by atoms with Gasteiger partial charge in [-0.05, 0) is 66.5 Å². The van der Waals surface area contributed by atoms with Crippen LogP contribution in [-0.2, 0) is 17.6 Å². The number of rotatable bonds is 5. The van der Waals surface area contributed by atoms with Gasteiger partial charge in [0, 0.05) is 28.6 Å². The lowest BCUT2D eigenvalue weighted by atomic mass is 9.71. The fourth-order valence-electron chi connectivity index (χ4n) is 3.57. The van der Waals surface area contributed by atoms with Crippen LogP contribution in [0.15, 0.2) is 35.4 Å². The Hall–Kier alpha value is -2.03. The molecule has 3 rings (SSSR count). The van der Waals surface area contributed by atoms with Crippen LogP contribution in [-0.4, -0.2) is 16.6 Å². The quantitative estimate of drug-likeness (QED) is 0.605. The molecule has 0 fully saturated rings. The van der Waals surface area contributed by atoms with Crippen LogP contribution in [0.4, 0.5) is 5.69 Å². The van der Waals surface area contributed by atoms with E-state index >= 15 is 0 Å². The lowest BCUT2D eigenvalue weighted by Crippen LogP contribution is -2.27. The number of fused-ring (bicyclic) bond motifs is 1. The van der Waals surface area contributed by atoms with Crippen LogP contribution in [0.25, 0.3) is 0 Å². The molecule has 6 heteroatoms. The van der Waals surface area contributed by atoms with E-state index < -0.39 is 0 Å². The van der Waals surface area contributed by atoms with Crippen LogP contribution in [0.5, 0.6) is 0 Å². The fourth-order valence-corrected chi connectivity index (χ4v) is 4.61. The van der Waals surface area contributed by atoms with Gasteiger partial charge in [-0.25, -0.2) is 4.98 Å². The van der Waals surface area contributed by atoms with Gasteiger partial charge in [-0.1, -0.05) is 32.4 Å². The number of carbonyl (C=O) groups excluding carboxylic acids is 1. The molecule has 0 spiro atoms. The number of hydrogen-bond donors (Lipinski definition) is 1. The van der Waals surface area contributed by atoms with Crippen molar-refractivity contribution in [2.24, 2.45) is 11.3 Å². The predicted octanol–water partition coefficient (Wildman–Crippen LogP) is 5.88. The van der Waals surface area contributed by atoms with E-state index in [1.807, 2.05) is 6.07 Å². The Kier molecular flexibility index (Phi) is 6.87. The summed E-state index contributed by atoms with van der Waals surface area (Å²) >= 11 is 7.34. The van der Waals surface area contributed by atoms with Gasteiger partial charge < -0.3 is 5.32 Å². The second kappa shape index (κ2) is 9.19. The second-order valence-electron chi connectivity index (χ2n) is 8.52. The average Bonchev–Trinajstić information content (AvgIpc) is 2.68. The van der Waals surface area contributed by atoms with E-state index in [-0.39, 0.29) is 11.3 Å². The molecule has 29 heavy (non-hydrogen) atoms. The summed E-state index contributed by atoms with van der Waals surface area (Å²) in [7, 11) is 0. The third kappa shape index (κ3) is 5.74. The maximum absolute atomic E-state index is 12.2. The number of amides is 1. The van der Waals surface area contributed by atoms with Crippen LogP contribution in [0, 0.1) is 22.7 Å². The highest BCUT2D eigenvalue weighted by atomic mass is 35.5. The van der Waals surface area contributed by atoms with Crippen LogP contribution >= 0.6 is 23.4 Å². The molecule has 1 unspecified atom stereocenters. The Morgan fingerprint density at radius 3 is 2.72 bits per heavy atom. The van der Waals surface area contributed by atoms with Crippen LogP contribution in [0.2, 0.25) is 5.02 Å².